The normalized spacial score (nSPS) is 14.9. The maximum atomic E-state index is 15.5. The largest absolute Gasteiger partial charge is 0.573 e. The summed E-state index contributed by atoms with van der Waals surface area (Å²) in [4.78, 5) is 28.0. The van der Waals surface area contributed by atoms with Crippen molar-refractivity contribution in [2.24, 2.45) is 0 Å². The Morgan fingerprint density at radius 3 is 2.30 bits per heavy atom. The fourth-order valence-electron chi connectivity index (χ4n) is 4.96. The van der Waals surface area contributed by atoms with Crippen LogP contribution >= 0.6 is 23.5 Å². The molecule has 1 aliphatic rings. The standard InChI is InChI=1S/C30H19F8NO3S2/c1-15-18(13-19-20(29(33,34)35)10-6-11-21(19)31)27-39(22(14-43-27)28(41)44-16-7-3-2-4-8-16)26(40)24(15)17-9-5-12-23(25(17)32)42-30(36,37)38/h2-12,22H,13-14H2,1H3. The third kappa shape index (κ3) is 6.23. The Hall–Kier alpha value is -3.78. The lowest BCUT2D eigenvalue weighted by molar-refractivity contribution is -0.275. The van der Waals surface area contributed by atoms with E-state index in [2.05, 4.69) is 4.74 Å². The van der Waals surface area contributed by atoms with Gasteiger partial charge < -0.3 is 4.74 Å². The minimum Gasteiger partial charge on any atom is -0.403 e. The smallest absolute Gasteiger partial charge is 0.403 e. The number of benzene rings is 3. The molecule has 230 valence electrons. The molecule has 4 aromatic rings. The lowest BCUT2D eigenvalue weighted by Gasteiger charge is -2.21. The van der Waals surface area contributed by atoms with Gasteiger partial charge >= 0.3 is 12.5 Å². The lowest BCUT2D eigenvalue weighted by atomic mass is 9.92. The fraction of sp³-hybridized carbons (Fsp3) is 0.200. The van der Waals surface area contributed by atoms with Gasteiger partial charge in [0.05, 0.1) is 16.2 Å². The van der Waals surface area contributed by atoms with Crippen molar-refractivity contribution in [3.05, 3.63) is 111 Å². The number of hydrogen-bond donors (Lipinski definition) is 0. The molecule has 0 fully saturated rings. The summed E-state index contributed by atoms with van der Waals surface area (Å²) in [5, 5.41) is -0.440. The van der Waals surface area contributed by atoms with E-state index in [1.807, 2.05) is 0 Å². The lowest BCUT2D eigenvalue weighted by Crippen LogP contribution is -2.31. The Bertz CT molecular complexity index is 1800. The Labute approximate surface area is 253 Å². The van der Waals surface area contributed by atoms with Gasteiger partial charge in [0.15, 0.2) is 11.6 Å². The molecule has 0 saturated heterocycles. The van der Waals surface area contributed by atoms with Gasteiger partial charge in [-0.15, -0.1) is 24.9 Å². The number of pyridine rings is 1. The Morgan fingerprint density at radius 1 is 0.955 bits per heavy atom. The molecule has 0 bridgehead atoms. The van der Waals surface area contributed by atoms with Crippen molar-refractivity contribution in [3.8, 4) is 16.9 Å². The highest BCUT2D eigenvalue weighted by Gasteiger charge is 2.39. The van der Waals surface area contributed by atoms with Crippen molar-refractivity contribution in [3.63, 3.8) is 0 Å². The second-order valence-electron chi connectivity index (χ2n) is 9.63. The van der Waals surface area contributed by atoms with Crippen LogP contribution in [0.25, 0.3) is 11.1 Å². The third-order valence-electron chi connectivity index (χ3n) is 6.90. The predicted octanol–water partition coefficient (Wildman–Crippen LogP) is 8.58. The molecule has 3 aromatic carbocycles. The fourth-order valence-corrected chi connectivity index (χ4v) is 7.28. The number of hydrogen-bond acceptors (Lipinski definition) is 5. The van der Waals surface area contributed by atoms with E-state index in [0.29, 0.717) is 17.0 Å². The molecule has 0 aliphatic carbocycles. The van der Waals surface area contributed by atoms with Gasteiger partial charge in [0, 0.05) is 28.2 Å². The quantitative estimate of drug-likeness (QED) is 0.154. The molecule has 0 saturated carbocycles. The molecule has 4 nitrogen and oxygen atoms in total. The topological polar surface area (TPSA) is 48.3 Å². The van der Waals surface area contributed by atoms with Gasteiger partial charge in [-0.1, -0.05) is 36.4 Å². The second-order valence-corrected chi connectivity index (χ2v) is 11.7. The Balaban J connectivity index is 1.74. The van der Waals surface area contributed by atoms with Crippen molar-refractivity contribution < 1.29 is 44.7 Å². The summed E-state index contributed by atoms with van der Waals surface area (Å²) in [7, 11) is 0. The number of fused-ring (bicyclic) bond motifs is 1. The summed E-state index contributed by atoms with van der Waals surface area (Å²) in [5.74, 6) is -4.00. The molecule has 0 amide bonds. The molecule has 2 heterocycles. The van der Waals surface area contributed by atoms with E-state index in [9.17, 15) is 40.3 Å². The predicted molar refractivity (Wildman–Crippen MR) is 149 cm³/mol. The zero-order chi connectivity index (χ0) is 32.0. The summed E-state index contributed by atoms with van der Waals surface area (Å²) < 4.78 is 116. The molecule has 1 atom stereocenters. The van der Waals surface area contributed by atoms with E-state index >= 15 is 4.39 Å². The first kappa shape index (κ1) is 31.6. The summed E-state index contributed by atoms with van der Waals surface area (Å²) >= 11 is 1.79. The summed E-state index contributed by atoms with van der Waals surface area (Å²) in [6.45, 7) is 1.28. The first-order valence-electron chi connectivity index (χ1n) is 12.7. The summed E-state index contributed by atoms with van der Waals surface area (Å²) in [5.41, 5.74) is -4.20. The number of carbonyl (C=O) groups is 1. The van der Waals surface area contributed by atoms with E-state index in [1.54, 1.807) is 30.3 Å². The maximum absolute atomic E-state index is 15.5. The third-order valence-corrected chi connectivity index (χ3v) is 9.08. The molecule has 1 aromatic heterocycles. The highest BCUT2D eigenvalue weighted by molar-refractivity contribution is 8.13. The van der Waals surface area contributed by atoms with E-state index in [-0.39, 0.29) is 21.9 Å². The minimum absolute atomic E-state index is 0.0123. The SMILES string of the molecule is Cc1c(Cc2c(F)cccc2C(F)(F)F)c2n(c(=O)c1-c1cccc(OC(F)(F)F)c1F)C(C(=O)Sc1ccccc1)CS2. The number of carbonyl (C=O) groups excluding carboxylic acids is 1. The van der Waals surface area contributed by atoms with Gasteiger partial charge in [-0.3, -0.25) is 14.2 Å². The molecule has 1 unspecified atom stereocenters. The molecule has 1 aliphatic heterocycles. The molecule has 0 radical (unpaired) electrons. The van der Waals surface area contributed by atoms with Crippen molar-refractivity contribution >= 4 is 28.6 Å². The van der Waals surface area contributed by atoms with Crippen LogP contribution in [0.2, 0.25) is 0 Å². The van der Waals surface area contributed by atoms with Crippen LogP contribution in [0.15, 0.2) is 81.4 Å². The Morgan fingerprint density at radius 2 is 1.64 bits per heavy atom. The maximum Gasteiger partial charge on any atom is 0.573 e. The number of ether oxygens (including phenoxy) is 1. The van der Waals surface area contributed by atoms with E-state index < -0.39 is 75.3 Å². The molecular formula is C30H19F8NO3S2. The van der Waals surface area contributed by atoms with Gasteiger partial charge in [-0.2, -0.15) is 13.2 Å². The van der Waals surface area contributed by atoms with Crippen LogP contribution in [0.1, 0.15) is 28.3 Å². The second kappa shape index (κ2) is 12.0. The van der Waals surface area contributed by atoms with Crippen LogP contribution in [0.3, 0.4) is 0 Å². The highest BCUT2D eigenvalue weighted by atomic mass is 32.2. The minimum atomic E-state index is -5.27. The van der Waals surface area contributed by atoms with Gasteiger partial charge in [-0.05, 0) is 60.1 Å². The summed E-state index contributed by atoms with van der Waals surface area (Å²) in [6.07, 6.45) is -10.9. The zero-order valence-electron chi connectivity index (χ0n) is 22.4. The van der Waals surface area contributed by atoms with Crippen LogP contribution < -0.4 is 10.3 Å². The average molecular weight is 658 g/mol. The molecule has 5 rings (SSSR count). The van der Waals surface area contributed by atoms with Gasteiger partial charge in [0.2, 0.25) is 5.12 Å². The van der Waals surface area contributed by atoms with Gasteiger partial charge in [0.1, 0.15) is 11.9 Å². The van der Waals surface area contributed by atoms with Crippen molar-refractivity contribution in [2.45, 2.75) is 41.8 Å². The van der Waals surface area contributed by atoms with Crippen LogP contribution in [0.5, 0.6) is 5.75 Å². The molecular weight excluding hydrogens is 638 g/mol. The number of alkyl halides is 6. The van der Waals surface area contributed by atoms with Gasteiger partial charge in [-0.25, -0.2) is 8.78 Å². The number of thioether (sulfide) groups is 2. The first-order valence-corrected chi connectivity index (χ1v) is 14.5. The van der Waals surface area contributed by atoms with Gasteiger partial charge in [0.25, 0.3) is 5.56 Å². The molecule has 0 spiro atoms. The number of rotatable bonds is 6. The number of nitrogens with zero attached hydrogens (tertiary/aromatic N) is 1. The zero-order valence-corrected chi connectivity index (χ0v) is 24.0. The van der Waals surface area contributed by atoms with Crippen LogP contribution in [0.4, 0.5) is 35.1 Å². The number of halogens is 8. The number of aromatic nitrogens is 1. The molecule has 44 heavy (non-hydrogen) atoms. The van der Waals surface area contributed by atoms with Crippen LogP contribution in [-0.4, -0.2) is 21.8 Å². The first-order chi connectivity index (χ1) is 20.7. The molecule has 0 N–H and O–H groups in total. The molecule has 14 heteroatoms. The van der Waals surface area contributed by atoms with Crippen molar-refractivity contribution in [1.82, 2.24) is 4.57 Å². The monoisotopic (exact) mass is 657 g/mol. The Kier molecular flexibility index (Phi) is 8.60. The van der Waals surface area contributed by atoms with E-state index in [1.165, 1.54) is 6.92 Å². The van der Waals surface area contributed by atoms with Crippen LogP contribution in [-0.2, 0) is 17.4 Å². The van der Waals surface area contributed by atoms with E-state index in [0.717, 1.165) is 52.4 Å². The van der Waals surface area contributed by atoms with Crippen LogP contribution in [0, 0.1) is 18.6 Å². The average Bonchev–Trinajstić information content (AvgIpc) is 3.39. The van der Waals surface area contributed by atoms with Crippen molar-refractivity contribution in [1.29, 1.82) is 0 Å². The summed E-state index contributed by atoms with van der Waals surface area (Å²) in [6, 6.07) is 12.4. The van der Waals surface area contributed by atoms with E-state index in [4.69, 9.17) is 0 Å². The highest BCUT2D eigenvalue weighted by Crippen LogP contribution is 2.44. The van der Waals surface area contributed by atoms with Crippen molar-refractivity contribution in [2.75, 3.05) is 5.75 Å².